The summed E-state index contributed by atoms with van der Waals surface area (Å²) in [6.07, 6.45) is -2.71. The molecule has 1 aliphatic heterocycles. The molecule has 1 amide bonds. The van der Waals surface area contributed by atoms with Crippen LogP contribution in [0.15, 0.2) is 0 Å². The monoisotopic (exact) mass is 390 g/mol. The van der Waals surface area contributed by atoms with Gasteiger partial charge in [0.2, 0.25) is 0 Å². The minimum absolute atomic E-state index is 0.129. The number of halogens is 3. The number of amides is 1. The van der Waals surface area contributed by atoms with Crippen LogP contribution in [-0.4, -0.2) is 60.0 Å². The molecular weight excluding hydrogens is 361 g/mol. The molecule has 1 aromatic rings. The molecule has 0 aromatic carbocycles. The summed E-state index contributed by atoms with van der Waals surface area (Å²) in [4.78, 5) is 14.7. The molecule has 0 unspecified atom stereocenters. The highest BCUT2D eigenvalue weighted by molar-refractivity contribution is 5.96. The van der Waals surface area contributed by atoms with Gasteiger partial charge in [0.15, 0.2) is 5.69 Å². The Bertz CT molecular complexity index is 635. The fourth-order valence-corrected chi connectivity index (χ4v) is 3.50. The van der Waals surface area contributed by atoms with Crippen LogP contribution in [0, 0.1) is 6.92 Å². The van der Waals surface area contributed by atoms with Crippen molar-refractivity contribution in [1.82, 2.24) is 20.0 Å². The largest absolute Gasteiger partial charge is 0.435 e. The molecule has 1 saturated heterocycles. The topological polar surface area (TPSA) is 59.4 Å². The van der Waals surface area contributed by atoms with Gasteiger partial charge in [-0.3, -0.25) is 9.48 Å². The molecule has 0 aliphatic carbocycles. The molecular formula is C18H29F3N4O2. The van der Waals surface area contributed by atoms with Crippen LogP contribution in [0.25, 0.3) is 0 Å². The third kappa shape index (κ3) is 5.22. The first-order valence-corrected chi connectivity index (χ1v) is 9.34. The minimum atomic E-state index is -4.67. The quantitative estimate of drug-likeness (QED) is 0.727. The maximum atomic E-state index is 13.5. The highest BCUT2D eigenvalue weighted by atomic mass is 19.4. The fourth-order valence-electron chi connectivity index (χ4n) is 3.50. The Kier molecular flexibility index (Phi) is 7.27. The molecule has 27 heavy (non-hydrogen) atoms. The van der Waals surface area contributed by atoms with E-state index in [9.17, 15) is 18.0 Å². The zero-order valence-electron chi connectivity index (χ0n) is 16.4. The van der Waals surface area contributed by atoms with E-state index in [-0.39, 0.29) is 23.8 Å². The van der Waals surface area contributed by atoms with E-state index in [1.807, 2.05) is 0 Å². The lowest BCUT2D eigenvalue weighted by atomic mass is 10.0. The number of hydrogen-bond donors (Lipinski definition) is 1. The molecule has 2 heterocycles. The van der Waals surface area contributed by atoms with Crippen LogP contribution in [0.4, 0.5) is 13.2 Å². The summed E-state index contributed by atoms with van der Waals surface area (Å²) in [6, 6.07) is 0.278. The van der Waals surface area contributed by atoms with Gasteiger partial charge in [-0.1, -0.05) is 0 Å². The summed E-state index contributed by atoms with van der Waals surface area (Å²) >= 11 is 0. The summed E-state index contributed by atoms with van der Waals surface area (Å²) < 4.78 is 46.8. The highest BCUT2D eigenvalue weighted by Crippen LogP contribution is 2.35. The Balaban J connectivity index is 2.22. The molecule has 2 rings (SSSR count). The van der Waals surface area contributed by atoms with E-state index >= 15 is 0 Å². The van der Waals surface area contributed by atoms with Crippen LogP contribution in [0.1, 0.15) is 60.9 Å². The van der Waals surface area contributed by atoms with Crippen LogP contribution < -0.4 is 5.32 Å². The maximum absolute atomic E-state index is 13.5. The average Bonchev–Trinajstić information content (AvgIpc) is 2.96. The SMILES string of the molecule is COCCCNC(=O)c1c(C(F)(F)F)nn(C2CCN(C(C)C)CC2)c1C. The summed E-state index contributed by atoms with van der Waals surface area (Å²) in [5.74, 6) is -0.734. The van der Waals surface area contributed by atoms with Crippen molar-refractivity contribution in [2.24, 2.45) is 0 Å². The molecule has 1 fully saturated rings. The number of rotatable bonds is 7. The Morgan fingerprint density at radius 3 is 2.48 bits per heavy atom. The van der Waals surface area contributed by atoms with Crippen molar-refractivity contribution in [3.8, 4) is 0 Å². The van der Waals surface area contributed by atoms with E-state index in [0.29, 0.717) is 31.9 Å². The lowest BCUT2D eigenvalue weighted by Crippen LogP contribution is -2.39. The molecule has 154 valence electrons. The molecule has 0 spiro atoms. The van der Waals surface area contributed by atoms with Gasteiger partial charge in [0, 0.05) is 45.1 Å². The first kappa shape index (κ1) is 21.7. The minimum Gasteiger partial charge on any atom is -0.385 e. The summed E-state index contributed by atoms with van der Waals surface area (Å²) in [5, 5.41) is 6.37. The van der Waals surface area contributed by atoms with Crippen molar-refractivity contribution < 1.29 is 22.7 Å². The maximum Gasteiger partial charge on any atom is 0.435 e. The Morgan fingerprint density at radius 1 is 1.33 bits per heavy atom. The number of nitrogens with zero attached hydrogens (tertiary/aromatic N) is 3. The van der Waals surface area contributed by atoms with E-state index in [2.05, 4.69) is 29.2 Å². The standard InChI is InChI=1S/C18H29F3N4O2/c1-12(2)24-9-6-14(7-10-24)25-13(3)15(16(23-25)18(19,20)21)17(26)22-8-5-11-27-4/h12,14H,5-11H2,1-4H3,(H,22,26). The molecule has 0 bridgehead atoms. The Morgan fingerprint density at radius 2 is 1.96 bits per heavy atom. The van der Waals surface area contributed by atoms with Gasteiger partial charge in [-0.25, -0.2) is 0 Å². The number of nitrogens with one attached hydrogen (secondary N) is 1. The first-order chi connectivity index (χ1) is 12.7. The number of piperidine rings is 1. The smallest absolute Gasteiger partial charge is 0.385 e. The lowest BCUT2D eigenvalue weighted by Gasteiger charge is -2.35. The van der Waals surface area contributed by atoms with Crippen molar-refractivity contribution in [1.29, 1.82) is 0 Å². The second kappa shape index (κ2) is 9.05. The van der Waals surface area contributed by atoms with Crippen LogP contribution in [0.5, 0.6) is 0 Å². The van der Waals surface area contributed by atoms with Crippen LogP contribution >= 0.6 is 0 Å². The fraction of sp³-hybridized carbons (Fsp3) is 0.778. The van der Waals surface area contributed by atoms with E-state index in [1.165, 1.54) is 11.8 Å². The van der Waals surface area contributed by atoms with Gasteiger partial charge in [0.25, 0.3) is 5.91 Å². The number of carbonyl (C=O) groups excluding carboxylic acids is 1. The summed E-state index contributed by atoms with van der Waals surface area (Å²) in [6.45, 7) is 8.05. The van der Waals surface area contributed by atoms with Crippen molar-refractivity contribution in [3.05, 3.63) is 17.0 Å². The average molecular weight is 390 g/mol. The summed E-state index contributed by atoms with van der Waals surface area (Å²) in [7, 11) is 1.53. The zero-order chi connectivity index (χ0) is 20.2. The van der Waals surface area contributed by atoms with Crippen molar-refractivity contribution in [2.45, 2.75) is 58.3 Å². The predicted octanol–water partition coefficient (Wildman–Crippen LogP) is 3.02. The number of carbonyl (C=O) groups is 1. The molecule has 0 radical (unpaired) electrons. The predicted molar refractivity (Wildman–Crippen MR) is 95.8 cm³/mol. The number of ether oxygens (including phenoxy) is 1. The molecule has 1 aromatic heterocycles. The van der Waals surface area contributed by atoms with Gasteiger partial charge < -0.3 is 15.0 Å². The molecule has 0 saturated carbocycles. The van der Waals surface area contributed by atoms with Gasteiger partial charge in [-0.15, -0.1) is 0 Å². The number of aromatic nitrogens is 2. The second-order valence-corrected chi connectivity index (χ2v) is 7.21. The van der Waals surface area contributed by atoms with E-state index in [1.54, 1.807) is 6.92 Å². The van der Waals surface area contributed by atoms with Gasteiger partial charge in [0.05, 0.1) is 11.6 Å². The molecule has 1 aliphatic rings. The van der Waals surface area contributed by atoms with Gasteiger partial charge >= 0.3 is 6.18 Å². The number of alkyl halides is 3. The number of likely N-dealkylation sites (tertiary alicyclic amines) is 1. The Hall–Kier alpha value is -1.61. The van der Waals surface area contributed by atoms with Crippen LogP contribution in [-0.2, 0) is 10.9 Å². The van der Waals surface area contributed by atoms with E-state index in [4.69, 9.17) is 4.74 Å². The molecule has 9 heteroatoms. The van der Waals surface area contributed by atoms with Crippen LogP contribution in [0.2, 0.25) is 0 Å². The van der Waals surface area contributed by atoms with Crippen molar-refractivity contribution in [3.63, 3.8) is 0 Å². The van der Waals surface area contributed by atoms with Gasteiger partial charge in [-0.2, -0.15) is 18.3 Å². The van der Waals surface area contributed by atoms with E-state index in [0.717, 1.165) is 13.1 Å². The lowest BCUT2D eigenvalue weighted by molar-refractivity contribution is -0.142. The van der Waals surface area contributed by atoms with Gasteiger partial charge in [-0.05, 0) is 40.0 Å². The molecule has 1 N–H and O–H groups in total. The second-order valence-electron chi connectivity index (χ2n) is 7.21. The first-order valence-electron chi connectivity index (χ1n) is 9.34. The van der Waals surface area contributed by atoms with Crippen molar-refractivity contribution in [2.75, 3.05) is 33.4 Å². The van der Waals surface area contributed by atoms with Gasteiger partial charge in [0.1, 0.15) is 0 Å². The normalized spacial score (nSPS) is 16.9. The highest BCUT2D eigenvalue weighted by Gasteiger charge is 2.41. The molecule has 6 nitrogen and oxygen atoms in total. The van der Waals surface area contributed by atoms with Crippen LogP contribution in [0.3, 0.4) is 0 Å². The third-order valence-corrected chi connectivity index (χ3v) is 5.03. The molecule has 0 atom stereocenters. The zero-order valence-corrected chi connectivity index (χ0v) is 16.4. The van der Waals surface area contributed by atoms with E-state index < -0.39 is 17.8 Å². The summed E-state index contributed by atoms with van der Waals surface area (Å²) in [5.41, 5.74) is -1.20. The van der Waals surface area contributed by atoms with Crippen molar-refractivity contribution >= 4 is 5.91 Å². The number of hydrogen-bond acceptors (Lipinski definition) is 4. The Labute approximate surface area is 158 Å². The number of methoxy groups -OCH3 is 1. The third-order valence-electron chi connectivity index (χ3n) is 5.03.